The fourth-order valence-electron chi connectivity index (χ4n) is 1.16. The predicted molar refractivity (Wildman–Crippen MR) is 59.6 cm³/mol. The fourth-order valence-corrected chi connectivity index (χ4v) is 1.99. The minimum atomic E-state index is 0.0306. The summed E-state index contributed by atoms with van der Waals surface area (Å²) in [5.41, 5.74) is 0. The molecule has 1 amide bonds. The summed E-state index contributed by atoms with van der Waals surface area (Å²) in [5, 5.41) is 7.82. The van der Waals surface area contributed by atoms with Gasteiger partial charge in [-0.3, -0.25) is 4.79 Å². The van der Waals surface area contributed by atoms with Crippen molar-refractivity contribution in [2.75, 3.05) is 13.6 Å². The van der Waals surface area contributed by atoms with Gasteiger partial charge in [-0.1, -0.05) is 6.07 Å². The normalized spacial score (nSPS) is 12.4. The average Bonchev–Trinajstić information content (AvgIpc) is 2.66. The molecule has 1 aromatic rings. The highest BCUT2D eigenvalue weighted by Crippen LogP contribution is 2.10. The van der Waals surface area contributed by atoms with E-state index in [1.165, 1.54) is 4.88 Å². The van der Waals surface area contributed by atoms with Gasteiger partial charge in [-0.05, 0) is 24.8 Å². The SMILES string of the molecule is CNC(=O)CNC(C)Cc1cccs1. The van der Waals surface area contributed by atoms with Crippen LogP contribution in [0.5, 0.6) is 0 Å². The highest BCUT2D eigenvalue weighted by molar-refractivity contribution is 7.09. The molecule has 3 nitrogen and oxygen atoms in total. The first-order valence-electron chi connectivity index (χ1n) is 4.68. The van der Waals surface area contributed by atoms with E-state index in [2.05, 4.69) is 29.0 Å². The molecule has 0 saturated heterocycles. The maximum atomic E-state index is 10.9. The first-order chi connectivity index (χ1) is 6.72. The molecular weight excluding hydrogens is 196 g/mol. The lowest BCUT2D eigenvalue weighted by atomic mass is 10.2. The molecule has 0 fully saturated rings. The van der Waals surface area contributed by atoms with Crippen LogP contribution in [0, 0.1) is 0 Å². The second kappa shape index (κ2) is 5.78. The number of rotatable bonds is 5. The van der Waals surface area contributed by atoms with Crippen LogP contribution in [-0.2, 0) is 11.2 Å². The number of carbonyl (C=O) groups is 1. The lowest BCUT2D eigenvalue weighted by Crippen LogP contribution is -2.37. The van der Waals surface area contributed by atoms with Gasteiger partial charge in [0.25, 0.3) is 0 Å². The minimum Gasteiger partial charge on any atom is -0.358 e. The fraction of sp³-hybridized carbons (Fsp3) is 0.500. The summed E-state index contributed by atoms with van der Waals surface area (Å²) < 4.78 is 0. The van der Waals surface area contributed by atoms with Gasteiger partial charge in [0.15, 0.2) is 0 Å². The van der Waals surface area contributed by atoms with Gasteiger partial charge < -0.3 is 10.6 Å². The molecular formula is C10H16N2OS. The van der Waals surface area contributed by atoms with Gasteiger partial charge in [-0.15, -0.1) is 11.3 Å². The van der Waals surface area contributed by atoms with Crippen LogP contribution in [0.1, 0.15) is 11.8 Å². The van der Waals surface area contributed by atoms with Gasteiger partial charge in [0.2, 0.25) is 5.91 Å². The van der Waals surface area contributed by atoms with Gasteiger partial charge >= 0.3 is 0 Å². The van der Waals surface area contributed by atoms with Crippen molar-refractivity contribution in [2.45, 2.75) is 19.4 Å². The van der Waals surface area contributed by atoms with Crippen LogP contribution in [0.2, 0.25) is 0 Å². The Labute approximate surface area is 88.5 Å². The summed E-state index contributed by atoms with van der Waals surface area (Å²) in [6.45, 7) is 2.48. The lowest BCUT2D eigenvalue weighted by molar-refractivity contribution is -0.119. The molecule has 0 bridgehead atoms. The van der Waals surface area contributed by atoms with Crippen molar-refractivity contribution in [3.63, 3.8) is 0 Å². The molecule has 0 saturated carbocycles. The van der Waals surface area contributed by atoms with Gasteiger partial charge in [-0.25, -0.2) is 0 Å². The summed E-state index contributed by atoms with van der Waals surface area (Å²) in [5.74, 6) is 0.0306. The molecule has 0 radical (unpaired) electrons. The molecule has 1 rings (SSSR count). The lowest BCUT2D eigenvalue weighted by Gasteiger charge is -2.11. The van der Waals surface area contributed by atoms with Crippen molar-refractivity contribution in [1.82, 2.24) is 10.6 Å². The van der Waals surface area contributed by atoms with E-state index < -0.39 is 0 Å². The number of thiophene rings is 1. The Bertz CT molecular complexity index is 272. The van der Waals surface area contributed by atoms with E-state index in [1.807, 2.05) is 6.07 Å². The van der Waals surface area contributed by atoms with Crippen LogP contribution >= 0.6 is 11.3 Å². The average molecular weight is 212 g/mol. The van der Waals surface area contributed by atoms with Crippen molar-refractivity contribution in [2.24, 2.45) is 0 Å². The van der Waals surface area contributed by atoms with Crippen LogP contribution in [0.25, 0.3) is 0 Å². The van der Waals surface area contributed by atoms with Crippen LogP contribution in [0.3, 0.4) is 0 Å². The second-order valence-electron chi connectivity index (χ2n) is 3.24. The second-order valence-corrected chi connectivity index (χ2v) is 4.27. The molecule has 0 aliphatic rings. The number of hydrogen-bond acceptors (Lipinski definition) is 3. The maximum absolute atomic E-state index is 10.9. The van der Waals surface area contributed by atoms with E-state index in [0.29, 0.717) is 12.6 Å². The van der Waals surface area contributed by atoms with E-state index in [9.17, 15) is 4.79 Å². The highest BCUT2D eigenvalue weighted by atomic mass is 32.1. The van der Waals surface area contributed by atoms with Crippen LogP contribution in [-0.4, -0.2) is 25.5 Å². The molecule has 1 aromatic heterocycles. The Morgan fingerprint density at radius 1 is 1.64 bits per heavy atom. The first-order valence-corrected chi connectivity index (χ1v) is 5.56. The van der Waals surface area contributed by atoms with Crippen molar-refractivity contribution in [1.29, 1.82) is 0 Å². The Kier molecular flexibility index (Phi) is 4.62. The predicted octanol–water partition coefficient (Wildman–Crippen LogP) is 1.01. The highest BCUT2D eigenvalue weighted by Gasteiger charge is 2.05. The Balaban J connectivity index is 2.22. The molecule has 0 spiro atoms. The Hall–Kier alpha value is -0.870. The van der Waals surface area contributed by atoms with Crippen molar-refractivity contribution >= 4 is 17.2 Å². The third kappa shape index (κ3) is 3.89. The molecule has 0 aliphatic heterocycles. The van der Waals surface area contributed by atoms with Gasteiger partial charge in [0.1, 0.15) is 0 Å². The summed E-state index contributed by atoms with van der Waals surface area (Å²) in [6, 6.07) is 4.50. The number of hydrogen-bond donors (Lipinski definition) is 2. The zero-order chi connectivity index (χ0) is 10.4. The maximum Gasteiger partial charge on any atom is 0.233 e. The molecule has 1 heterocycles. The molecule has 14 heavy (non-hydrogen) atoms. The van der Waals surface area contributed by atoms with E-state index in [-0.39, 0.29) is 5.91 Å². The van der Waals surface area contributed by atoms with Gasteiger partial charge in [-0.2, -0.15) is 0 Å². The summed E-state index contributed by atoms with van der Waals surface area (Å²) in [6.07, 6.45) is 0.981. The number of nitrogens with one attached hydrogen (secondary N) is 2. The monoisotopic (exact) mass is 212 g/mol. The van der Waals surface area contributed by atoms with Crippen LogP contribution < -0.4 is 10.6 Å². The van der Waals surface area contributed by atoms with E-state index >= 15 is 0 Å². The third-order valence-corrected chi connectivity index (χ3v) is 2.88. The number of likely N-dealkylation sites (N-methyl/N-ethyl adjacent to an activating group) is 1. The summed E-state index contributed by atoms with van der Waals surface area (Å²) in [7, 11) is 1.65. The van der Waals surface area contributed by atoms with E-state index in [1.54, 1.807) is 18.4 Å². The summed E-state index contributed by atoms with van der Waals surface area (Å²) in [4.78, 5) is 12.3. The van der Waals surface area contributed by atoms with E-state index in [0.717, 1.165) is 6.42 Å². The topological polar surface area (TPSA) is 41.1 Å². The van der Waals surface area contributed by atoms with E-state index in [4.69, 9.17) is 0 Å². The number of carbonyl (C=O) groups excluding carboxylic acids is 1. The summed E-state index contributed by atoms with van der Waals surface area (Å²) >= 11 is 1.75. The molecule has 78 valence electrons. The first kappa shape index (κ1) is 11.2. The van der Waals surface area contributed by atoms with Gasteiger partial charge in [0, 0.05) is 18.0 Å². The minimum absolute atomic E-state index is 0.0306. The molecule has 1 atom stereocenters. The van der Waals surface area contributed by atoms with Crippen molar-refractivity contribution in [3.05, 3.63) is 22.4 Å². The number of amides is 1. The Morgan fingerprint density at radius 3 is 3.00 bits per heavy atom. The smallest absolute Gasteiger partial charge is 0.233 e. The molecule has 1 unspecified atom stereocenters. The largest absolute Gasteiger partial charge is 0.358 e. The zero-order valence-electron chi connectivity index (χ0n) is 8.54. The molecule has 4 heteroatoms. The van der Waals surface area contributed by atoms with Crippen molar-refractivity contribution < 1.29 is 4.79 Å². The standard InChI is InChI=1S/C10H16N2OS/c1-8(12-7-10(13)11-2)6-9-4-3-5-14-9/h3-5,8,12H,6-7H2,1-2H3,(H,11,13). The van der Waals surface area contributed by atoms with Crippen LogP contribution in [0.15, 0.2) is 17.5 Å². The molecule has 2 N–H and O–H groups in total. The van der Waals surface area contributed by atoms with Crippen LogP contribution in [0.4, 0.5) is 0 Å². The van der Waals surface area contributed by atoms with Crippen molar-refractivity contribution in [3.8, 4) is 0 Å². The Morgan fingerprint density at radius 2 is 2.43 bits per heavy atom. The molecule has 0 aliphatic carbocycles. The van der Waals surface area contributed by atoms with Gasteiger partial charge in [0.05, 0.1) is 6.54 Å². The quantitative estimate of drug-likeness (QED) is 0.765. The zero-order valence-corrected chi connectivity index (χ0v) is 9.36. The third-order valence-electron chi connectivity index (χ3n) is 1.98. The molecule has 0 aromatic carbocycles.